The summed E-state index contributed by atoms with van der Waals surface area (Å²) in [5.74, 6) is 1.74. The number of rotatable bonds is 5. The number of para-hydroxylation sites is 2. The number of amides is 1. The van der Waals surface area contributed by atoms with Gasteiger partial charge in [-0.3, -0.25) is 14.9 Å². The van der Waals surface area contributed by atoms with Crippen molar-refractivity contribution in [2.45, 2.75) is 45.1 Å². The van der Waals surface area contributed by atoms with Crippen molar-refractivity contribution < 1.29 is 9.72 Å². The Morgan fingerprint density at radius 3 is 2.65 bits per heavy atom. The third kappa shape index (κ3) is 4.50. The number of benzene rings is 2. The van der Waals surface area contributed by atoms with Crippen molar-refractivity contribution in [1.29, 1.82) is 0 Å². The molecular formula is C25H28N6O3. The summed E-state index contributed by atoms with van der Waals surface area (Å²) in [7, 11) is 0. The van der Waals surface area contributed by atoms with Gasteiger partial charge in [0.1, 0.15) is 11.5 Å². The highest BCUT2D eigenvalue weighted by Gasteiger charge is 2.28. The molecule has 3 aromatic rings. The molecule has 9 nitrogen and oxygen atoms in total. The van der Waals surface area contributed by atoms with Crippen LogP contribution in [-0.4, -0.2) is 38.7 Å². The molecule has 0 spiro atoms. The number of aryl methyl sites for hydroxylation is 1. The Hall–Kier alpha value is -3.75. The number of anilines is 2. The van der Waals surface area contributed by atoms with E-state index in [0.717, 1.165) is 48.7 Å². The molecule has 1 saturated heterocycles. The summed E-state index contributed by atoms with van der Waals surface area (Å²) in [4.78, 5) is 26.0. The smallest absolute Gasteiger partial charge is 0.292 e. The van der Waals surface area contributed by atoms with Gasteiger partial charge in [-0.15, -0.1) is 10.2 Å². The number of carbonyl (C=O) groups is 1. The summed E-state index contributed by atoms with van der Waals surface area (Å²) in [5.41, 5.74) is 2.42. The summed E-state index contributed by atoms with van der Waals surface area (Å²) in [5, 5.41) is 23.2. The number of fused-ring (bicyclic) bond motifs is 1. The Balaban J connectivity index is 1.24. The van der Waals surface area contributed by atoms with Crippen molar-refractivity contribution in [2.75, 3.05) is 23.3 Å². The minimum Gasteiger partial charge on any atom is -0.366 e. The van der Waals surface area contributed by atoms with Crippen LogP contribution in [0.3, 0.4) is 0 Å². The second kappa shape index (κ2) is 9.62. The molecule has 1 amide bonds. The number of aromatic nitrogens is 3. The second-order valence-corrected chi connectivity index (χ2v) is 8.98. The quantitative estimate of drug-likeness (QED) is 0.446. The first-order valence-corrected chi connectivity index (χ1v) is 11.9. The van der Waals surface area contributed by atoms with Gasteiger partial charge in [0, 0.05) is 49.3 Å². The van der Waals surface area contributed by atoms with Crippen LogP contribution in [0.2, 0.25) is 0 Å². The van der Waals surface area contributed by atoms with Gasteiger partial charge in [-0.05, 0) is 43.9 Å². The summed E-state index contributed by atoms with van der Waals surface area (Å²) in [6.07, 6.45) is 5.72. The summed E-state index contributed by atoms with van der Waals surface area (Å²) < 4.78 is 2.20. The summed E-state index contributed by atoms with van der Waals surface area (Å²) in [6.45, 7) is 2.14. The number of hydrogen-bond donors (Lipinski definition) is 1. The van der Waals surface area contributed by atoms with Gasteiger partial charge in [0.15, 0.2) is 5.82 Å². The van der Waals surface area contributed by atoms with Gasteiger partial charge in [-0.2, -0.15) is 0 Å². The minimum absolute atomic E-state index is 0.0144. The Kier molecular flexibility index (Phi) is 6.24. The van der Waals surface area contributed by atoms with Crippen molar-refractivity contribution in [3.05, 3.63) is 64.5 Å². The Labute approximate surface area is 197 Å². The molecule has 2 aliphatic rings. The zero-order valence-electron chi connectivity index (χ0n) is 19.0. The predicted octanol–water partition coefficient (Wildman–Crippen LogP) is 4.43. The minimum atomic E-state index is -0.352. The molecule has 0 atom stereocenters. The molecule has 2 aromatic carbocycles. The van der Waals surface area contributed by atoms with Crippen molar-refractivity contribution in [3.8, 4) is 11.4 Å². The fraction of sp³-hybridized carbons (Fsp3) is 0.400. The number of nitro benzene ring substituents is 1. The molecule has 0 unspecified atom stereocenters. The highest BCUT2D eigenvalue weighted by atomic mass is 16.6. The Morgan fingerprint density at radius 2 is 1.82 bits per heavy atom. The fourth-order valence-electron chi connectivity index (χ4n) is 4.95. The molecule has 2 aliphatic heterocycles. The molecule has 0 radical (unpaired) electrons. The average molecular weight is 461 g/mol. The van der Waals surface area contributed by atoms with E-state index in [1.54, 1.807) is 12.1 Å². The monoisotopic (exact) mass is 460 g/mol. The molecule has 0 aliphatic carbocycles. The van der Waals surface area contributed by atoms with E-state index >= 15 is 0 Å². The third-order valence-corrected chi connectivity index (χ3v) is 6.78. The summed E-state index contributed by atoms with van der Waals surface area (Å²) >= 11 is 0. The van der Waals surface area contributed by atoms with Crippen molar-refractivity contribution in [3.63, 3.8) is 0 Å². The maximum Gasteiger partial charge on any atom is 0.292 e. The van der Waals surface area contributed by atoms with Crippen LogP contribution in [0.5, 0.6) is 0 Å². The fourth-order valence-corrected chi connectivity index (χ4v) is 4.95. The highest BCUT2D eigenvalue weighted by molar-refractivity contribution is 5.93. The maximum absolute atomic E-state index is 13.0. The number of nitro groups is 1. The summed E-state index contributed by atoms with van der Waals surface area (Å²) in [6, 6.07) is 14.6. The number of carbonyl (C=O) groups excluding carboxylic acids is 1. The van der Waals surface area contributed by atoms with E-state index in [0.29, 0.717) is 31.6 Å². The molecule has 3 heterocycles. The van der Waals surface area contributed by atoms with E-state index in [9.17, 15) is 14.9 Å². The van der Waals surface area contributed by atoms with E-state index in [4.69, 9.17) is 0 Å². The van der Waals surface area contributed by atoms with Gasteiger partial charge in [-0.25, -0.2) is 0 Å². The molecule has 1 aromatic heterocycles. The van der Waals surface area contributed by atoms with Crippen LogP contribution in [0.15, 0.2) is 48.5 Å². The molecule has 1 N–H and O–H groups in total. The zero-order chi connectivity index (χ0) is 23.5. The predicted molar refractivity (Wildman–Crippen MR) is 130 cm³/mol. The lowest BCUT2D eigenvalue weighted by atomic mass is 9.95. The van der Waals surface area contributed by atoms with Crippen LogP contribution in [0.25, 0.3) is 11.4 Å². The SMILES string of the molecule is O=C(Nc1cccc(-c2nnc3n2CCCCC3)c1)C1CCN(c2ccccc2[N+](=O)[O-])CC1. The largest absolute Gasteiger partial charge is 0.366 e. The van der Waals surface area contributed by atoms with Crippen LogP contribution < -0.4 is 10.2 Å². The number of piperidine rings is 1. The van der Waals surface area contributed by atoms with Gasteiger partial charge >= 0.3 is 0 Å². The Bertz CT molecular complexity index is 1200. The van der Waals surface area contributed by atoms with E-state index in [-0.39, 0.29) is 22.4 Å². The molecule has 5 rings (SSSR count). The van der Waals surface area contributed by atoms with E-state index in [2.05, 4.69) is 20.1 Å². The van der Waals surface area contributed by atoms with Crippen LogP contribution in [0.1, 0.15) is 37.9 Å². The van der Waals surface area contributed by atoms with Crippen molar-refractivity contribution in [2.24, 2.45) is 5.92 Å². The number of hydrogen-bond acceptors (Lipinski definition) is 6. The van der Waals surface area contributed by atoms with Crippen LogP contribution in [-0.2, 0) is 17.8 Å². The van der Waals surface area contributed by atoms with Gasteiger partial charge in [0.25, 0.3) is 5.69 Å². The zero-order valence-corrected chi connectivity index (χ0v) is 19.0. The molecule has 1 fully saturated rings. The van der Waals surface area contributed by atoms with Gasteiger partial charge < -0.3 is 14.8 Å². The molecule has 0 bridgehead atoms. The topological polar surface area (TPSA) is 106 Å². The molecule has 0 saturated carbocycles. The number of nitrogens with zero attached hydrogens (tertiary/aromatic N) is 5. The van der Waals surface area contributed by atoms with Crippen LogP contribution >= 0.6 is 0 Å². The van der Waals surface area contributed by atoms with Gasteiger partial charge in [0.05, 0.1) is 4.92 Å². The first kappa shape index (κ1) is 22.1. The second-order valence-electron chi connectivity index (χ2n) is 8.98. The lowest BCUT2D eigenvalue weighted by Gasteiger charge is -2.32. The van der Waals surface area contributed by atoms with Crippen molar-refractivity contribution in [1.82, 2.24) is 14.8 Å². The average Bonchev–Trinajstić information content (AvgIpc) is 3.12. The highest BCUT2D eigenvalue weighted by Crippen LogP contribution is 2.32. The first-order chi connectivity index (χ1) is 16.6. The van der Waals surface area contributed by atoms with Gasteiger partial charge in [-0.1, -0.05) is 30.7 Å². The van der Waals surface area contributed by atoms with E-state index in [1.165, 1.54) is 12.5 Å². The Morgan fingerprint density at radius 1 is 1.00 bits per heavy atom. The molecule has 9 heteroatoms. The van der Waals surface area contributed by atoms with Gasteiger partial charge in [0.2, 0.25) is 5.91 Å². The first-order valence-electron chi connectivity index (χ1n) is 11.9. The van der Waals surface area contributed by atoms with E-state index < -0.39 is 0 Å². The maximum atomic E-state index is 13.0. The molecule has 176 valence electrons. The standard InChI is InChI=1S/C25H28N6O3/c32-25(18-12-15-29(16-13-18)21-9-3-4-10-22(21)31(33)34)26-20-8-6-7-19(17-20)24-28-27-23-11-2-1-5-14-30(23)24/h3-4,6-10,17-18H,1-2,5,11-16H2,(H,26,32). The lowest BCUT2D eigenvalue weighted by molar-refractivity contribution is -0.384. The molecule has 34 heavy (non-hydrogen) atoms. The van der Waals surface area contributed by atoms with Crippen molar-refractivity contribution >= 4 is 23.0 Å². The molecular weight excluding hydrogens is 432 g/mol. The normalized spacial score (nSPS) is 16.5. The number of nitrogens with one attached hydrogen (secondary N) is 1. The lowest BCUT2D eigenvalue weighted by Crippen LogP contribution is -2.38. The third-order valence-electron chi connectivity index (χ3n) is 6.78. The van der Waals surface area contributed by atoms with Crippen LogP contribution in [0, 0.1) is 16.0 Å². The van der Waals surface area contributed by atoms with E-state index in [1.807, 2.05) is 35.2 Å². The van der Waals surface area contributed by atoms with Crippen LogP contribution in [0.4, 0.5) is 17.1 Å².